The van der Waals surface area contributed by atoms with E-state index in [1.54, 1.807) is 0 Å². The van der Waals surface area contributed by atoms with Crippen molar-refractivity contribution in [3.05, 3.63) is 30.2 Å². The lowest BCUT2D eigenvalue weighted by molar-refractivity contribution is -0.274. The van der Waals surface area contributed by atoms with Gasteiger partial charge in [-0.2, -0.15) is 4.98 Å². The van der Waals surface area contributed by atoms with E-state index in [9.17, 15) is 18.3 Å². The monoisotopic (exact) mass is 357 g/mol. The van der Waals surface area contributed by atoms with Crippen molar-refractivity contribution in [1.29, 1.82) is 0 Å². The highest BCUT2D eigenvalue weighted by Crippen LogP contribution is 2.34. The fourth-order valence-corrected chi connectivity index (χ4v) is 2.95. The molecule has 2 aromatic rings. The number of hydrogen-bond acceptors (Lipinski definition) is 6. The summed E-state index contributed by atoms with van der Waals surface area (Å²) >= 11 is 0. The number of benzene rings is 1. The number of aliphatic hydroxyl groups is 1. The summed E-state index contributed by atoms with van der Waals surface area (Å²) in [5.74, 6) is 0.347. The summed E-state index contributed by atoms with van der Waals surface area (Å²) in [5, 5.41) is 13.8. The van der Waals surface area contributed by atoms with Crippen LogP contribution < -0.4 is 4.74 Å². The molecule has 9 heteroatoms. The molecular weight excluding hydrogens is 339 g/mol. The van der Waals surface area contributed by atoms with E-state index in [-0.39, 0.29) is 23.7 Å². The topological polar surface area (TPSA) is 71.6 Å². The summed E-state index contributed by atoms with van der Waals surface area (Å²) < 4.78 is 45.7. The predicted molar refractivity (Wildman–Crippen MR) is 81.6 cm³/mol. The summed E-state index contributed by atoms with van der Waals surface area (Å²) in [7, 11) is 0. The molecule has 0 aliphatic carbocycles. The first-order valence-electron chi connectivity index (χ1n) is 7.86. The van der Waals surface area contributed by atoms with E-state index in [0.29, 0.717) is 24.4 Å². The number of aliphatic hydroxyl groups excluding tert-OH is 1. The second-order valence-corrected chi connectivity index (χ2v) is 6.22. The number of β-amino-alcohol motifs (C(OH)–C–C–N with tert-alkyl or cyclic N) is 1. The Kier molecular flexibility index (Phi) is 4.70. The Morgan fingerprint density at radius 1 is 1.28 bits per heavy atom. The average molecular weight is 357 g/mol. The molecule has 0 amide bonds. The maximum Gasteiger partial charge on any atom is 0.573 e. The average Bonchev–Trinajstić information content (AvgIpc) is 3.12. The molecule has 1 aromatic heterocycles. The number of ether oxygens (including phenoxy) is 1. The third-order valence-corrected chi connectivity index (χ3v) is 4.05. The number of likely N-dealkylation sites (tertiary alicyclic amines) is 1. The molecule has 1 aromatic carbocycles. The van der Waals surface area contributed by atoms with Gasteiger partial charge in [-0.3, -0.25) is 4.90 Å². The van der Waals surface area contributed by atoms with Crippen molar-refractivity contribution in [3.63, 3.8) is 0 Å². The molecule has 2 heterocycles. The van der Waals surface area contributed by atoms with Gasteiger partial charge < -0.3 is 14.4 Å². The van der Waals surface area contributed by atoms with E-state index in [2.05, 4.69) is 19.8 Å². The standard InChI is InChI=1S/C16H18F3N3O3/c1-9(2)22-8-11(23)7-13(22)15-20-14(21-25-15)10-3-5-12(6-4-10)24-16(17,18)19/h3-6,9,11,13,23H,7-8H2,1-2H3. The third-order valence-electron chi connectivity index (χ3n) is 4.05. The van der Waals surface area contributed by atoms with Crippen molar-refractivity contribution in [2.75, 3.05) is 6.54 Å². The molecule has 1 fully saturated rings. The molecule has 136 valence electrons. The Morgan fingerprint density at radius 2 is 1.96 bits per heavy atom. The van der Waals surface area contributed by atoms with Gasteiger partial charge in [0.2, 0.25) is 11.7 Å². The highest BCUT2D eigenvalue weighted by Gasteiger charge is 2.37. The zero-order chi connectivity index (χ0) is 18.2. The van der Waals surface area contributed by atoms with Crippen LogP contribution in [0.2, 0.25) is 0 Å². The second-order valence-electron chi connectivity index (χ2n) is 6.22. The predicted octanol–water partition coefficient (Wildman–Crippen LogP) is 3.15. The Hall–Kier alpha value is -2.13. The zero-order valence-corrected chi connectivity index (χ0v) is 13.7. The normalized spacial score (nSPS) is 21.9. The van der Waals surface area contributed by atoms with Crippen LogP contribution in [0.5, 0.6) is 5.75 Å². The molecule has 2 unspecified atom stereocenters. The molecule has 0 saturated carbocycles. The fourth-order valence-electron chi connectivity index (χ4n) is 2.95. The number of aromatic nitrogens is 2. The molecule has 1 N–H and O–H groups in total. The molecule has 0 radical (unpaired) electrons. The van der Waals surface area contributed by atoms with Gasteiger partial charge in [0, 0.05) is 18.2 Å². The number of alkyl halides is 3. The molecule has 25 heavy (non-hydrogen) atoms. The van der Waals surface area contributed by atoms with Crippen LogP contribution in [0.1, 0.15) is 32.2 Å². The minimum Gasteiger partial charge on any atom is -0.406 e. The van der Waals surface area contributed by atoms with Gasteiger partial charge in [-0.25, -0.2) is 0 Å². The first-order valence-corrected chi connectivity index (χ1v) is 7.86. The highest BCUT2D eigenvalue weighted by atomic mass is 19.4. The molecule has 2 atom stereocenters. The summed E-state index contributed by atoms with van der Waals surface area (Å²) in [6.07, 6.45) is -4.69. The largest absolute Gasteiger partial charge is 0.573 e. The van der Waals surface area contributed by atoms with E-state index < -0.39 is 12.5 Å². The quantitative estimate of drug-likeness (QED) is 0.906. The van der Waals surface area contributed by atoms with Crippen molar-refractivity contribution in [2.24, 2.45) is 0 Å². The maximum atomic E-state index is 12.2. The lowest BCUT2D eigenvalue weighted by Gasteiger charge is -2.25. The molecule has 6 nitrogen and oxygen atoms in total. The summed E-state index contributed by atoms with van der Waals surface area (Å²) in [5.41, 5.74) is 0.513. The summed E-state index contributed by atoms with van der Waals surface area (Å²) in [6, 6.07) is 5.27. The van der Waals surface area contributed by atoms with E-state index in [1.165, 1.54) is 24.3 Å². The maximum absolute atomic E-state index is 12.2. The number of rotatable bonds is 4. The van der Waals surface area contributed by atoms with Crippen LogP contribution in [0, 0.1) is 0 Å². The van der Waals surface area contributed by atoms with Gasteiger partial charge >= 0.3 is 6.36 Å². The first kappa shape index (κ1) is 17.7. The second kappa shape index (κ2) is 6.64. The van der Waals surface area contributed by atoms with Gasteiger partial charge in [-0.15, -0.1) is 13.2 Å². The van der Waals surface area contributed by atoms with Gasteiger partial charge in [-0.1, -0.05) is 5.16 Å². The van der Waals surface area contributed by atoms with Crippen LogP contribution in [-0.4, -0.2) is 45.2 Å². The minimum absolute atomic E-state index is 0.177. The van der Waals surface area contributed by atoms with Crippen molar-refractivity contribution in [2.45, 2.75) is 44.8 Å². The highest BCUT2D eigenvalue weighted by molar-refractivity contribution is 5.55. The summed E-state index contributed by atoms with van der Waals surface area (Å²) in [6.45, 7) is 4.56. The van der Waals surface area contributed by atoms with Crippen LogP contribution in [0.25, 0.3) is 11.4 Å². The van der Waals surface area contributed by atoms with Crippen molar-refractivity contribution in [1.82, 2.24) is 15.0 Å². The Bertz CT molecular complexity index is 715. The van der Waals surface area contributed by atoms with Crippen molar-refractivity contribution in [3.8, 4) is 17.1 Å². The zero-order valence-electron chi connectivity index (χ0n) is 13.7. The molecule has 1 aliphatic rings. The smallest absolute Gasteiger partial charge is 0.406 e. The van der Waals surface area contributed by atoms with Crippen LogP contribution in [-0.2, 0) is 0 Å². The van der Waals surface area contributed by atoms with Crippen LogP contribution >= 0.6 is 0 Å². The molecule has 1 saturated heterocycles. The SMILES string of the molecule is CC(C)N1CC(O)CC1c1nc(-c2ccc(OC(F)(F)F)cc2)no1. The van der Waals surface area contributed by atoms with E-state index in [1.807, 2.05) is 13.8 Å². The Morgan fingerprint density at radius 3 is 2.56 bits per heavy atom. The van der Waals surface area contributed by atoms with Gasteiger partial charge in [-0.05, 0) is 44.5 Å². The molecule has 0 spiro atoms. The lowest BCUT2D eigenvalue weighted by Crippen LogP contribution is -2.31. The van der Waals surface area contributed by atoms with Crippen molar-refractivity contribution < 1.29 is 27.5 Å². The first-order chi connectivity index (χ1) is 11.7. The fraction of sp³-hybridized carbons (Fsp3) is 0.500. The lowest BCUT2D eigenvalue weighted by atomic mass is 10.2. The van der Waals surface area contributed by atoms with Gasteiger partial charge in [0.15, 0.2) is 0 Å². The minimum atomic E-state index is -4.73. The molecular formula is C16H18F3N3O3. The number of nitrogens with zero attached hydrogens (tertiary/aromatic N) is 3. The van der Waals surface area contributed by atoms with Crippen LogP contribution in [0.4, 0.5) is 13.2 Å². The van der Waals surface area contributed by atoms with E-state index >= 15 is 0 Å². The number of hydrogen-bond donors (Lipinski definition) is 1. The third kappa shape index (κ3) is 4.10. The molecule has 3 rings (SSSR count). The van der Waals surface area contributed by atoms with Crippen LogP contribution in [0.15, 0.2) is 28.8 Å². The Balaban J connectivity index is 1.77. The van der Waals surface area contributed by atoms with E-state index in [0.717, 1.165) is 0 Å². The van der Waals surface area contributed by atoms with Crippen molar-refractivity contribution >= 4 is 0 Å². The van der Waals surface area contributed by atoms with E-state index in [4.69, 9.17) is 4.52 Å². The number of halogens is 3. The molecule has 0 bridgehead atoms. The van der Waals surface area contributed by atoms with Gasteiger partial charge in [0.05, 0.1) is 12.1 Å². The van der Waals surface area contributed by atoms with Gasteiger partial charge in [0.25, 0.3) is 0 Å². The Labute approximate surface area is 142 Å². The van der Waals surface area contributed by atoms with Crippen LogP contribution in [0.3, 0.4) is 0 Å². The van der Waals surface area contributed by atoms with Gasteiger partial charge in [0.1, 0.15) is 5.75 Å². The molecule has 1 aliphatic heterocycles. The summed E-state index contributed by atoms with van der Waals surface area (Å²) in [4.78, 5) is 6.41.